The second kappa shape index (κ2) is 5.90. The van der Waals surface area contributed by atoms with E-state index >= 15 is 0 Å². The summed E-state index contributed by atoms with van der Waals surface area (Å²) in [6.45, 7) is 4.77. The topological polar surface area (TPSA) is 64.7 Å². The molecule has 2 aromatic rings. The third-order valence-electron chi connectivity index (χ3n) is 6.19. The number of nitrogens with zero attached hydrogens (tertiary/aromatic N) is 4. The fourth-order valence-corrected chi connectivity index (χ4v) is 5.03. The minimum absolute atomic E-state index is 0.135. The maximum atomic E-state index is 12.4. The van der Waals surface area contributed by atoms with Crippen LogP contribution in [0, 0.1) is 24.7 Å². The molecule has 2 aliphatic carbocycles. The highest BCUT2D eigenvalue weighted by atomic mass is 16.1. The number of nitrogens with one attached hydrogen (secondary N) is 1. The highest BCUT2D eigenvalue weighted by Crippen LogP contribution is 2.49. The number of aromatic nitrogens is 4. The molecule has 4 unspecified atom stereocenters. The summed E-state index contributed by atoms with van der Waals surface area (Å²) in [5, 5.41) is 12.1. The van der Waals surface area contributed by atoms with Crippen LogP contribution in [0.2, 0.25) is 0 Å². The van der Waals surface area contributed by atoms with Crippen LogP contribution in [0.5, 0.6) is 0 Å². The predicted molar refractivity (Wildman–Crippen MR) is 92.4 cm³/mol. The molecule has 6 nitrogen and oxygen atoms in total. The Morgan fingerprint density at radius 1 is 1.42 bits per heavy atom. The molecule has 1 amide bonds. The van der Waals surface area contributed by atoms with Crippen LogP contribution in [-0.2, 0) is 18.4 Å². The zero-order chi connectivity index (χ0) is 16.8. The highest BCUT2D eigenvalue weighted by molar-refractivity contribution is 5.78. The number of hydrogen-bond donors (Lipinski definition) is 1. The van der Waals surface area contributed by atoms with Crippen LogP contribution < -0.4 is 5.32 Å². The van der Waals surface area contributed by atoms with E-state index in [0.29, 0.717) is 24.9 Å². The van der Waals surface area contributed by atoms with Crippen molar-refractivity contribution in [3.8, 4) is 0 Å². The van der Waals surface area contributed by atoms with E-state index in [2.05, 4.69) is 22.4 Å². The third-order valence-corrected chi connectivity index (χ3v) is 6.19. The lowest BCUT2D eigenvalue weighted by atomic mass is 9.84. The van der Waals surface area contributed by atoms with Crippen molar-refractivity contribution in [2.75, 3.05) is 0 Å². The number of rotatable bonds is 5. The standard InChI is InChI=1S/C18H27N5O/c1-11(15-9-13-4-5-14(15)8-13)20-17(24)6-7-23-18-12(2)21-22(3)16(18)10-19-23/h10-11,13-15H,4-9H2,1-3H3,(H,20,24). The summed E-state index contributed by atoms with van der Waals surface area (Å²) in [4.78, 5) is 12.4. The zero-order valence-corrected chi connectivity index (χ0v) is 14.8. The Morgan fingerprint density at radius 3 is 2.96 bits per heavy atom. The van der Waals surface area contributed by atoms with E-state index < -0.39 is 0 Å². The van der Waals surface area contributed by atoms with E-state index in [0.717, 1.165) is 28.6 Å². The van der Waals surface area contributed by atoms with Gasteiger partial charge >= 0.3 is 0 Å². The molecule has 130 valence electrons. The van der Waals surface area contributed by atoms with Crippen LogP contribution in [0.15, 0.2) is 6.20 Å². The number of carbonyl (C=O) groups excluding carboxylic acids is 1. The minimum atomic E-state index is 0.135. The first-order valence-corrected chi connectivity index (χ1v) is 9.17. The van der Waals surface area contributed by atoms with Crippen molar-refractivity contribution in [2.24, 2.45) is 24.8 Å². The van der Waals surface area contributed by atoms with E-state index in [-0.39, 0.29) is 5.91 Å². The Bertz CT molecular complexity index is 761. The molecular weight excluding hydrogens is 302 g/mol. The molecule has 0 aromatic carbocycles. The van der Waals surface area contributed by atoms with E-state index in [1.807, 2.05) is 29.5 Å². The normalized spacial score (nSPS) is 27.0. The molecule has 0 saturated heterocycles. The summed E-state index contributed by atoms with van der Waals surface area (Å²) in [7, 11) is 1.92. The second-order valence-electron chi connectivity index (χ2n) is 7.76. The Labute approximate surface area is 142 Å². The molecule has 0 radical (unpaired) electrons. The van der Waals surface area contributed by atoms with Crippen LogP contribution in [0.3, 0.4) is 0 Å². The van der Waals surface area contributed by atoms with Crippen molar-refractivity contribution in [1.82, 2.24) is 24.9 Å². The maximum absolute atomic E-state index is 12.4. The molecule has 2 aliphatic rings. The minimum Gasteiger partial charge on any atom is -0.353 e. The maximum Gasteiger partial charge on any atom is 0.222 e. The fourth-order valence-electron chi connectivity index (χ4n) is 5.03. The van der Waals surface area contributed by atoms with Gasteiger partial charge in [0, 0.05) is 19.5 Å². The lowest BCUT2D eigenvalue weighted by Crippen LogP contribution is -2.40. The first kappa shape index (κ1) is 15.7. The van der Waals surface area contributed by atoms with Gasteiger partial charge in [-0.15, -0.1) is 0 Å². The molecule has 4 atom stereocenters. The van der Waals surface area contributed by atoms with Crippen LogP contribution in [0.4, 0.5) is 0 Å². The van der Waals surface area contributed by atoms with Gasteiger partial charge in [-0.3, -0.25) is 14.2 Å². The van der Waals surface area contributed by atoms with E-state index in [1.54, 1.807) is 0 Å². The van der Waals surface area contributed by atoms with Crippen LogP contribution in [0.1, 0.15) is 44.7 Å². The summed E-state index contributed by atoms with van der Waals surface area (Å²) in [6.07, 6.45) is 7.75. The lowest BCUT2D eigenvalue weighted by Gasteiger charge is -2.28. The summed E-state index contributed by atoms with van der Waals surface area (Å²) in [6, 6.07) is 0.297. The molecule has 2 saturated carbocycles. The van der Waals surface area contributed by atoms with Crippen molar-refractivity contribution in [3.05, 3.63) is 11.9 Å². The molecule has 24 heavy (non-hydrogen) atoms. The molecule has 4 rings (SSSR count). The predicted octanol–water partition coefficient (Wildman–Crippen LogP) is 2.41. The molecule has 6 heteroatoms. The number of fused-ring (bicyclic) bond motifs is 3. The fraction of sp³-hybridized carbons (Fsp3) is 0.722. The largest absolute Gasteiger partial charge is 0.353 e. The van der Waals surface area contributed by atoms with Crippen molar-refractivity contribution in [1.29, 1.82) is 0 Å². The van der Waals surface area contributed by atoms with Gasteiger partial charge in [0.2, 0.25) is 5.91 Å². The van der Waals surface area contributed by atoms with Gasteiger partial charge in [-0.2, -0.15) is 10.2 Å². The average Bonchev–Trinajstić information content (AvgIpc) is 3.29. The molecule has 2 bridgehead atoms. The first-order valence-electron chi connectivity index (χ1n) is 9.17. The SMILES string of the molecule is Cc1nn(C)c2cnn(CCC(=O)NC(C)C3CC4CCC3C4)c12. The summed E-state index contributed by atoms with van der Waals surface area (Å²) in [5.41, 5.74) is 3.01. The number of hydrogen-bond acceptors (Lipinski definition) is 3. The van der Waals surface area contributed by atoms with Gasteiger partial charge in [0.25, 0.3) is 0 Å². The Hall–Kier alpha value is -1.85. The van der Waals surface area contributed by atoms with Crippen molar-refractivity contribution >= 4 is 16.9 Å². The molecule has 0 aliphatic heterocycles. The smallest absolute Gasteiger partial charge is 0.222 e. The number of aryl methyl sites for hydroxylation is 3. The monoisotopic (exact) mass is 329 g/mol. The average molecular weight is 329 g/mol. The molecule has 1 N–H and O–H groups in total. The Balaban J connectivity index is 1.34. The molecule has 2 fully saturated rings. The first-order chi connectivity index (χ1) is 11.5. The number of carbonyl (C=O) groups is 1. The highest BCUT2D eigenvalue weighted by Gasteiger charge is 2.42. The Morgan fingerprint density at radius 2 is 2.25 bits per heavy atom. The zero-order valence-electron chi connectivity index (χ0n) is 14.8. The summed E-state index contributed by atoms with van der Waals surface area (Å²) in [5.74, 6) is 2.58. The van der Waals surface area contributed by atoms with Crippen molar-refractivity contribution < 1.29 is 4.79 Å². The molecule has 2 heterocycles. The second-order valence-corrected chi connectivity index (χ2v) is 7.76. The van der Waals surface area contributed by atoms with Crippen LogP contribution in [0.25, 0.3) is 11.0 Å². The van der Waals surface area contributed by atoms with Gasteiger partial charge < -0.3 is 5.32 Å². The lowest BCUT2D eigenvalue weighted by molar-refractivity contribution is -0.122. The molecule has 0 spiro atoms. The van der Waals surface area contributed by atoms with Gasteiger partial charge in [0.15, 0.2) is 0 Å². The van der Waals surface area contributed by atoms with Gasteiger partial charge in [0.1, 0.15) is 11.0 Å². The molecule has 2 aromatic heterocycles. The quantitative estimate of drug-likeness (QED) is 0.916. The summed E-state index contributed by atoms with van der Waals surface area (Å²) < 4.78 is 3.74. The van der Waals surface area contributed by atoms with Gasteiger partial charge in [-0.05, 0) is 50.9 Å². The van der Waals surface area contributed by atoms with E-state index in [4.69, 9.17) is 0 Å². The van der Waals surface area contributed by atoms with Crippen molar-refractivity contribution in [3.63, 3.8) is 0 Å². The Kier molecular flexibility index (Phi) is 3.85. The van der Waals surface area contributed by atoms with Crippen LogP contribution >= 0.6 is 0 Å². The third kappa shape index (κ3) is 2.62. The number of amides is 1. The molecular formula is C18H27N5O. The van der Waals surface area contributed by atoms with Gasteiger partial charge in [-0.1, -0.05) is 6.42 Å². The van der Waals surface area contributed by atoms with Crippen molar-refractivity contribution in [2.45, 2.75) is 58.5 Å². The van der Waals surface area contributed by atoms with Crippen LogP contribution in [-0.4, -0.2) is 31.5 Å². The summed E-state index contributed by atoms with van der Waals surface area (Å²) >= 11 is 0. The van der Waals surface area contributed by atoms with E-state index in [9.17, 15) is 4.79 Å². The van der Waals surface area contributed by atoms with E-state index in [1.165, 1.54) is 25.7 Å². The van der Waals surface area contributed by atoms with Gasteiger partial charge in [-0.25, -0.2) is 0 Å². The van der Waals surface area contributed by atoms with Gasteiger partial charge in [0.05, 0.1) is 18.4 Å².